The van der Waals surface area contributed by atoms with E-state index in [0.29, 0.717) is 38.5 Å². The average Bonchev–Trinajstić information content (AvgIpc) is 3.06. The van der Waals surface area contributed by atoms with Crippen LogP contribution in [0.25, 0.3) is 5.78 Å². The van der Waals surface area contributed by atoms with E-state index in [0.717, 1.165) is 12.5 Å². The van der Waals surface area contributed by atoms with E-state index in [1.54, 1.807) is 9.80 Å². The van der Waals surface area contributed by atoms with Gasteiger partial charge in [0.2, 0.25) is 5.91 Å². The Balaban J connectivity index is 1.75. The van der Waals surface area contributed by atoms with Crippen molar-refractivity contribution in [1.82, 2.24) is 24.5 Å². The van der Waals surface area contributed by atoms with Crippen molar-refractivity contribution >= 4 is 17.5 Å². The summed E-state index contributed by atoms with van der Waals surface area (Å²) in [5.41, 5.74) is -0.997. The molecule has 0 aliphatic carbocycles. The highest BCUT2D eigenvalue weighted by Gasteiger charge is 2.35. The highest BCUT2D eigenvalue weighted by atomic mass is 19.4. The fourth-order valence-electron chi connectivity index (χ4n) is 2.92. The Kier molecular flexibility index (Phi) is 5.01. The van der Waals surface area contributed by atoms with E-state index in [1.165, 1.54) is 10.8 Å². The lowest BCUT2D eigenvalue weighted by Crippen LogP contribution is -2.49. The zero-order chi connectivity index (χ0) is 18.9. The molecule has 1 saturated heterocycles. The van der Waals surface area contributed by atoms with E-state index in [1.807, 2.05) is 0 Å². The molecular formula is C16H21F3N6O. The van der Waals surface area contributed by atoms with Gasteiger partial charge in [0, 0.05) is 38.7 Å². The first kappa shape index (κ1) is 18.4. The highest BCUT2D eigenvalue weighted by Crippen LogP contribution is 2.30. The molecule has 3 rings (SSSR count). The van der Waals surface area contributed by atoms with Gasteiger partial charge in [0.05, 0.1) is 0 Å². The molecule has 0 spiro atoms. The Bertz CT molecular complexity index is 780. The second kappa shape index (κ2) is 7.08. The molecule has 0 bridgehead atoms. The first-order chi connectivity index (χ1) is 12.3. The van der Waals surface area contributed by atoms with E-state index >= 15 is 0 Å². The molecule has 1 amide bonds. The van der Waals surface area contributed by atoms with Gasteiger partial charge < -0.3 is 9.80 Å². The summed E-state index contributed by atoms with van der Waals surface area (Å²) in [6.45, 7) is 5.94. The van der Waals surface area contributed by atoms with Gasteiger partial charge in [-0.15, -0.1) is 0 Å². The summed E-state index contributed by atoms with van der Waals surface area (Å²) in [7, 11) is 0. The SMILES string of the molecule is CC(C)CCC(=O)N1CCN(c2cc(C(F)(F)F)nc3ncnn23)CC1. The van der Waals surface area contributed by atoms with Crippen molar-refractivity contribution in [3.05, 3.63) is 18.1 Å². The van der Waals surface area contributed by atoms with E-state index in [4.69, 9.17) is 0 Å². The van der Waals surface area contributed by atoms with Crippen LogP contribution in [-0.4, -0.2) is 56.6 Å². The molecular weight excluding hydrogens is 349 g/mol. The minimum atomic E-state index is -4.56. The number of aromatic nitrogens is 4. The average molecular weight is 370 g/mol. The second-order valence-corrected chi connectivity index (χ2v) is 6.77. The van der Waals surface area contributed by atoms with Gasteiger partial charge in [-0.25, -0.2) is 4.98 Å². The number of fused-ring (bicyclic) bond motifs is 1. The van der Waals surface area contributed by atoms with Crippen molar-refractivity contribution in [2.75, 3.05) is 31.1 Å². The molecule has 0 N–H and O–H groups in total. The quantitative estimate of drug-likeness (QED) is 0.826. The number of anilines is 1. The largest absolute Gasteiger partial charge is 0.433 e. The molecule has 10 heteroatoms. The van der Waals surface area contributed by atoms with Crippen LogP contribution in [0.2, 0.25) is 0 Å². The Hall–Kier alpha value is -2.39. The number of rotatable bonds is 4. The molecule has 0 unspecified atom stereocenters. The maximum Gasteiger partial charge on any atom is 0.433 e. The number of amides is 1. The Labute approximate surface area is 148 Å². The summed E-state index contributed by atoms with van der Waals surface area (Å²) in [6, 6.07) is 0.984. The van der Waals surface area contributed by atoms with Gasteiger partial charge in [0.25, 0.3) is 5.78 Å². The normalized spacial score (nSPS) is 15.9. The topological polar surface area (TPSA) is 66.6 Å². The van der Waals surface area contributed by atoms with E-state index in [-0.39, 0.29) is 17.5 Å². The molecule has 1 aliphatic rings. The van der Waals surface area contributed by atoms with Gasteiger partial charge in [-0.3, -0.25) is 4.79 Å². The molecule has 0 radical (unpaired) electrons. The van der Waals surface area contributed by atoms with Crippen LogP contribution >= 0.6 is 0 Å². The molecule has 2 aromatic heterocycles. The van der Waals surface area contributed by atoms with Crippen LogP contribution in [0.1, 0.15) is 32.4 Å². The fraction of sp³-hybridized carbons (Fsp3) is 0.625. The molecule has 0 aromatic carbocycles. The third-order valence-electron chi connectivity index (χ3n) is 4.42. The zero-order valence-corrected chi connectivity index (χ0v) is 14.7. The van der Waals surface area contributed by atoms with Gasteiger partial charge >= 0.3 is 6.18 Å². The molecule has 142 valence electrons. The predicted molar refractivity (Wildman–Crippen MR) is 88.6 cm³/mol. The highest BCUT2D eigenvalue weighted by molar-refractivity contribution is 5.76. The van der Waals surface area contributed by atoms with Crippen molar-refractivity contribution in [3.8, 4) is 0 Å². The first-order valence-corrected chi connectivity index (χ1v) is 8.56. The molecule has 3 heterocycles. The van der Waals surface area contributed by atoms with Crippen LogP contribution in [0.4, 0.5) is 19.0 Å². The minimum absolute atomic E-state index is 0.0923. The van der Waals surface area contributed by atoms with E-state index < -0.39 is 11.9 Å². The van der Waals surface area contributed by atoms with Crippen LogP contribution < -0.4 is 4.90 Å². The van der Waals surface area contributed by atoms with Gasteiger partial charge in [0.1, 0.15) is 12.1 Å². The summed E-state index contributed by atoms with van der Waals surface area (Å²) in [4.78, 5) is 23.1. The number of halogens is 3. The van der Waals surface area contributed by atoms with Gasteiger partial charge in [0.15, 0.2) is 5.69 Å². The summed E-state index contributed by atoms with van der Waals surface area (Å²) in [6.07, 6.45) is -2.05. The lowest BCUT2D eigenvalue weighted by molar-refractivity contribution is -0.141. The number of piperazine rings is 1. The fourth-order valence-corrected chi connectivity index (χ4v) is 2.92. The third kappa shape index (κ3) is 3.88. The number of alkyl halides is 3. The predicted octanol–water partition coefficient (Wildman–Crippen LogP) is 2.23. The van der Waals surface area contributed by atoms with Crippen LogP contribution in [0.5, 0.6) is 0 Å². The number of nitrogens with zero attached hydrogens (tertiary/aromatic N) is 6. The second-order valence-electron chi connectivity index (χ2n) is 6.77. The first-order valence-electron chi connectivity index (χ1n) is 8.56. The van der Waals surface area contributed by atoms with Gasteiger partial charge in [-0.2, -0.15) is 27.8 Å². The van der Waals surface area contributed by atoms with E-state index in [2.05, 4.69) is 28.9 Å². The van der Waals surface area contributed by atoms with Crippen LogP contribution in [0, 0.1) is 5.92 Å². The molecule has 0 atom stereocenters. The summed E-state index contributed by atoms with van der Waals surface area (Å²) < 4.78 is 40.6. The summed E-state index contributed by atoms with van der Waals surface area (Å²) in [5, 5.41) is 3.97. The number of hydrogen-bond acceptors (Lipinski definition) is 5. The third-order valence-corrected chi connectivity index (χ3v) is 4.42. The maximum absolute atomic E-state index is 13.1. The zero-order valence-electron chi connectivity index (χ0n) is 14.7. The smallest absolute Gasteiger partial charge is 0.353 e. The molecule has 1 fully saturated rings. The van der Waals surface area contributed by atoms with E-state index in [9.17, 15) is 18.0 Å². The van der Waals surface area contributed by atoms with Crippen LogP contribution in [-0.2, 0) is 11.0 Å². The van der Waals surface area contributed by atoms with Gasteiger partial charge in [-0.1, -0.05) is 13.8 Å². The number of carbonyl (C=O) groups is 1. The Morgan fingerprint density at radius 3 is 2.54 bits per heavy atom. The van der Waals surface area contributed by atoms with Crippen LogP contribution in [0.15, 0.2) is 12.4 Å². The van der Waals surface area contributed by atoms with Crippen LogP contribution in [0.3, 0.4) is 0 Å². The van der Waals surface area contributed by atoms with Crippen molar-refractivity contribution in [3.63, 3.8) is 0 Å². The lowest BCUT2D eigenvalue weighted by Gasteiger charge is -2.36. The molecule has 0 saturated carbocycles. The monoisotopic (exact) mass is 370 g/mol. The van der Waals surface area contributed by atoms with Crippen molar-refractivity contribution in [2.24, 2.45) is 5.92 Å². The van der Waals surface area contributed by atoms with Crippen molar-refractivity contribution < 1.29 is 18.0 Å². The molecule has 2 aromatic rings. The Morgan fingerprint density at radius 2 is 1.92 bits per heavy atom. The summed E-state index contributed by atoms with van der Waals surface area (Å²) >= 11 is 0. The number of hydrogen-bond donors (Lipinski definition) is 0. The van der Waals surface area contributed by atoms with Gasteiger partial charge in [-0.05, 0) is 12.3 Å². The number of carbonyl (C=O) groups excluding carboxylic acids is 1. The molecule has 7 nitrogen and oxygen atoms in total. The minimum Gasteiger partial charge on any atom is -0.353 e. The summed E-state index contributed by atoms with van der Waals surface area (Å²) in [5.74, 6) is 0.743. The van der Waals surface area contributed by atoms with Crippen molar-refractivity contribution in [1.29, 1.82) is 0 Å². The maximum atomic E-state index is 13.1. The molecule has 26 heavy (non-hydrogen) atoms. The Morgan fingerprint density at radius 1 is 1.23 bits per heavy atom. The lowest BCUT2D eigenvalue weighted by atomic mass is 10.1. The van der Waals surface area contributed by atoms with Crippen molar-refractivity contribution in [2.45, 2.75) is 32.9 Å². The standard InChI is InChI=1S/C16H21F3N6O/c1-11(2)3-4-14(26)24-7-5-23(6-8-24)13-9-12(16(17,18)19)22-15-20-10-21-25(13)15/h9-11H,3-8H2,1-2H3. The molecule has 1 aliphatic heterocycles.